The smallest absolute Gasteiger partial charge is 0.430 e. The molecule has 7 nitrogen and oxygen atoms in total. The number of anilines is 1. The van der Waals surface area contributed by atoms with E-state index in [2.05, 4.69) is 0 Å². The minimum absolute atomic E-state index is 0. The summed E-state index contributed by atoms with van der Waals surface area (Å²) in [5.41, 5.74) is -9.08. The second-order valence-corrected chi connectivity index (χ2v) is 9.80. The first-order valence-corrected chi connectivity index (χ1v) is 12.0. The summed E-state index contributed by atoms with van der Waals surface area (Å²) in [5.74, 6) is -4.76. The van der Waals surface area contributed by atoms with Crippen LogP contribution in [-0.2, 0) is 20.4 Å². The molecule has 216 valence electrons. The maximum atomic E-state index is 14.0. The molecule has 0 aliphatic heterocycles. The molecule has 2 radical (unpaired) electrons. The largest absolute Gasteiger partial charge is 0.507 e. The zero-order valence-corrected chi connectivity index (χ0v) is 26.2. The predicted molar refractivity (Wildman–Crippen MR) is 134 cm³/mol. The number of aromatic hydroxyl groups is 1. The minimum atomic E-state index is -6.37. The summed E-state index contributed by atoms with van der Waals surface area (Å²) < 4.78 is 134. The van der Waals surface area contributed by atoms with Crippen LogP contribution in [0, 0.1) is 11.6 Å². The molecule has 0 aliphatic rings. The Kier molecular flexibility index (Phi) is 12.3. The van der Waals surface area contributed by atoms with E-state index in [0.29, 0.717) is 12.1 Å². The van der Waals surface area contributed by atoms with Crippen LogP contribution in [0.25, 0.3) is 5.57 Å². The molecule has 0 saturated carbocycles. The number of benzene rings is 3. The van der Waals surface area contributed by atoms with E-state index in [9.17, 15) is 63.7 Å². The van der Waals surface area contributed by atoms with Crippen molar-refractivity contribution in [1.29, 1.82) is 0 Å². The van der Waals surface area contributed by atoms with Crippen molar-refractivity contribution in [3.05, 3.63) is 95.1 Å². The Hall–Kier alpha value is -2.18. The van der Waals surface area contributed by atoms with Gasteiger partial charge in [0.2, 0.25) is 0 Å². The molecular weight excluding hydrogens is 628 g/mol. The van der Waals surface area contributed by atoms with Crippen LogP contribution in [0.2, 0.25) is 0 Å². The molecule has 18 heteroatoms. The van der Waals surface area contributed by atoms with E-state index >= 15 is 0 Å². The van der Waals surface area contributed by atoms with E-state index < -0.39 is 67.5 Å². The molecule has 0 saturated heterocycles. The standard InChI is InChI=1S/C24H15F8NO6S.2Na/c25-14-3-1-12(2-4-14)19(11-21(35)36)18-6-5-17(10-20(18)34)40(38,39)33-16-8-13(7-15(26)9-16)22(37,23(27,28)29)24(30,31)32;;/h1-11,33-34,37H,(H,35,36);;. The van der Waals surface area contributed by atoms with Crippen molar-refractivity contribution in [2.45, 2.75) is 22.8 Å². The first-order chi connectivity index (χ1) is 18.3. The predicted octanol–water partition coefficient (Wildman–Crippen LogP) is 4.54. The van der Waals surface area contributed by atoms with Crippen LogP contribution in [0.3, 0.4) is 0 Å². The van der Waals surface area contributed by atoms with Gasteiger partial charge in [0.05, 0.1) is 10.6 Å². The second-order valence-electron chi connectivity index (χ2n) is 8.12. The van der Waals surface area contributed by atoms with Crippen LogP contribution in [0.4, 0.5) is 40.8 Å². The first kappa shape index (κ1) is 37.8. The van der Waals surface area contributed by atoms with Gasteiger partial charge >= 0.3 is 18.3 Å². The van der Waals surface area contributed by atoms with Gasteiger partial charge < -0.3 is 15.3 Å². The van der Waals surface area contributed by atoms with Gasteiger partial charge in [-0.1, -0.05) is 12.1 Å². The van der Waals surface area contributed by atoms with Crippen molar-refractivity contribution in [2.75, 3.05) is 4.72 Å². The summed E-state index contributed by atoms with van der Waals surface area (Å²) in [4.78, 5) is 10.5. The van der Waals surface area contributed by atoms with Crippen molar-refractivity contribution < 1.29 is 63.7 Å². The molecule has 0 amide bonds. The van der Waals surface area contributed by atoms with Crippen LogP contribution in [0.15, 0.2) is 71.6 Å². The molecule has 0 aliphatic carbocycles. The monoisotopic (exact) mass is 643 g/mol. The Morgan fingerprint density at radius 2 is 1.36 bits per heavy atom. The SMILES string of the molecule is O=C(O)C=C(c1ccc(F)cc1)c1ccc(S(=O)(=O)Nc2cc(F)cc(C(O)(C(F)(F)F)C(F)(F)F)c2)cc1O.[Na].[Na]. The van der Waals surface area contributed by atoms with Crippen molar-refractivity contribution in [3.8, 4) is 5.75 Å². The number of carbonyl (C=O) groups is 1. The number of alkyl halides is 6. The molecule has 0 aromatic heterocycles. The average molecular weight is 643 g/mol. The van der Waals surface area contributed by atoms with Crippen LogP contribution in [0.1, 0.15) is 16.7 Å². The molecule has 3 aromatic carbocycles. The third-order valence-electron chi connectivity index (χ3n) is 5.38. The Bertz CT molecular complexity index is 1580. The average Bonchev–Trinajstić information content (AvgIpc) is 2.80. The number of phenols is 1. The number of aliphatic carboxylic acids is 1. The van der Waals surface area contributed by atoms with E-state index in [-0.39, 0.29) is 94.0 Å². The van der Waals surface area contributed by atoms with Gasteiger partial charge in [0.15, 0.2) is 0 Å². The first-order valence-electron chi connectivity index (χ1n) is 10.5. The van der Waals surface area contributed by atoms with Gasteiger partial charge in [0, 0.05) is 82.4 Å². The van der Waals surface area contributed by atoms with Crippen LogP contribution in [-0.4, -0.2) is 101 Å². The fourth-order valence-corrected chi connectivity index (χ4v) is 4.60. The number of nitrogens with one attached hydrogen (secondary N) is 1. The van der Waals surface area contributed by atoms with Crippen molar-refractivity contribution >= 4 is 86.4 Å². The van der Waals surface area contributed by atoms with Crippen molar-refractivity contribution in [3.63, 3.8) is 0 Å². The van der Waals surface area contributed by atoms with Gasteiger partial charge in [-0.3, -0.25) is 4.72 Å². The maximum absolute atomic E-state index is 14.0. The number of phenolic OH excluding ortho intramolecular Hbond substituents is 1. The summed E-state index contributed by atoms with van der Waals surface area (Å²) in [5, 5.41) is 29.1. The number of aliphatic hydroxyl groups is 1. The van der Waals surface area contributed by atoms with E-state index in [4.69, 9.17) is 0 Å². The van der Waals surface area contributed by atoms with Gasteiger partial charge in [-0.05, 0) is 53.6 Å². The summed E-state index contributed by atoms with van der Waals surface area (Å²) >= 11 is 0. The second kappa shape index (κ2) is 13.6. The van der Waals surface area contributed by atoms with Gasteiger partial charge in [0.1, 0.15) is 17.4 Å². The summed E-state index contributed by atoms with van der Waals surface area (Å²) in [6, 6.07) is 6.48. The summed E-state index contributed by atoms with van der Waals surface area (Å²) in [6.45, 7) is 0. The van der Waals surface area contributed by atoms with Gasteiger partial charge in [0.25, 0.3) is 15.6 Å². The number of halogens is 8. The van der Waals surface area contributed by atoms with Crippen LogP contribution >= 0.6 is 0 Å². The fraction of sp³-hybridized carbons (Fsp3) is 0.125. The number of hydrogen-bond donors (Lipinski definition) is 4. The summed E-state index contributed by atoms with van der Waals surface area (Å²) in [6.07, 6.45) is -12.1. The number of rotatable bonds is 7. The van der Waals surface area contributed by atoms with Crippen molar-refractivity contribution in [1.82, 2.24) is 0 Å². The van der Waals surface area contributed by atoms with Crippen LogP contribution in [0.5, 0.6) is 5.75 Å². The van der Waals surface area contributed by atoms with Gasteiger partial charge in [-0.15, -0.1) is 0 Å². The number of sulfonamides is 1. The molecule has 0 atom stereocenters. The number of hydrogen-bond acceptors (Lipinski definition) is 5. The molecule has 3 rings (SSSR count). The molecule has 4 N–H and O–H groups in total. The minimum Gasteiger partial charge on any atom is -0.507 e. The third kappa shape index (κ3) is 8.05. The molecule has 0 bridgehead atoms. The molecule has 0 heterocycles. The number of carboxylic acids is 1. The quantitative estimate of drug-likeness (QED) is 0.170. The molecular formula is C24H15F8NNa2O6S. The van der Waals surface area contributed by atoms with Gasteiger partial charge in [-0.2, -0.15) is 26.3 Å². The zero-order valence-electron chi connectivity index (χ0n) is 21.3. The Morgan fingerprint density at radius 3 is 1.83 bits per heavy atom. The van der Waals surface area contributed by atoms with E-state index in [1.807, 2.05) is 0 Å². The molecule has 0 unspecified atom stereocenters. The zero-order chi connectivity index (χ0) is 30.3. The Balaban J connectivity index is 0.00000441. The topological polar surface area (TPSA) is 124 Å². The Morgan fingerprint density at radius 1 is 0.810 bits per heavy atom. The molecule has 3 aromatic rings. The van der Waals surface area contributed by atoms with Crippen molar-refractivity contribution in [2.24, 2.45) is 0 Å². The summed E-state index contributed by atoms with van der Waals surface area (Å²) in [7, 11) is -4.93. The number of carboxylic acid groups (broad SMARTS) is 1. The van der Waals surface area contributed by atoms with Crippen LogP contribution < -0.4 is 4.72 Å². The fourth-order valence-electron chi connectivity index (χ4n) is 3.54. The molecule has 0 spiro atoms. The Labute approximate surface area is 276 Å². The maximum Gasteiger partial charge on any atom is 0.430 e. The van der Waals surface area contributed by atoms with E-state index in [1.165, 1.54) is 12.1 Å². The van der Waals surface area contributed by atoms with E-state index in [1.54, 1.807) is 4.72 Å². The van der Waals surface area contributed by atoms with E-state index in [0.717, 1.165) is 24.3 Å². The molecule has 42 heavy (non-hydrogen) atoms. The van der Waals surface area contributed by atoms with Gasteiger partial charge in [-0.25, -0.2) is 22.0 Å². The molecule has 0 fully saturated rings. The third-order valence-corrected chi connectivity index (χ3v) is 6.76. The normalized spacial score (nSPS) is 12.6.